The van der Waals surface area contributed by atoms with Gasteiger partial charge in [-0.15, -0.1) is 6.42 Å². The van der Waals surface area contributed by atoms with E-state index in [9.17, 15) is 8.78 Å². The quantitative estimate of drug-likeness (QED) is 0.0669. The highest BCUT2D eigenvalue weighted by Crippen LogP contribution is 2.44. The number of anilines is 1. The van der Waals surface area contributed by atoms with Crippen molar-refractivity contribution in [2.75, 3.05) is 31.2 Å². The van der Waals surface area contributed by atoms with E-state index in [1.807, 2.05) is 0 Å². The lowest BCUT2D eigenvalue weighted by atomic mass is 9.95. The Morgan fingerprint density at radius 2 is 1.84 bits per heavy atom. The molecule has 4 aliphatic rings. The van der Waals surface area contributed by atoms with E-state index in [2.05, 4.69) is 26.1 Å². The molecule has 4 atom stereocenters. The average Bonchev–Trinajstić information content (AvgIpc) is 3.96. The summed E-state index contributed by atoms with van der Waals surface area (Å²) in [5, 5.41) is 13.7. The van der Waals surface area contributed by atoms with Crippen LogP contribution in [0.15, 0.2) is 42.6 Å². The number of fused-ring (bicyclic) bond motifs is 4. The Bertz CT molecular complexity index is 2430. The summed E-state index contributed by atoms with van der Waals surface area (Å²) in [5.74, 6) is 1.03. The molecule has 2 unspecified atom stereocenters. The molecule has 7 heterocycles. The lowest BCUT2D eigenvalue weighted by Crippen LogP contribution is -2.48. The second-order valence-corrected chi connectivity index (χ2v) is 15.8. The van der Waals surface area contributed by atoms with Crippen LogP contribution in [0.5, 0.6) is 11.9 Å². The summed E-state index contributed by atoms with van der Waals surface area (Å²) in [5.41, 5.74) is 0.596. The number of nitrogens with zero attached hydrogens (tertiary/aromatic N) is 7. The van der Waals surface area contributed by atoms with Crippen LogP contribution < -0.4 is 19.7 Å². The molecule has 0 saturated carbocycles. The Morgan fingerprint density at radius 1 is 0.966 bits per heavy atom. The lowest BCUT2D eigenvalue weighted by Gasteiger charge is -2.34. The number of alkyl halides is 2. The molecular formula is C43H43F4N9O2. The van der Waals surface area contributed by atoms with Crippen molar-refractivity contribution in [3.8, 4) is 35.5 Å². The number of terminal acetylenes is 1. The van der Waals surface area contributed by atoms with Crippen LogP contribution in [0.2, 0.25) is 0 Å². The van der Waals surface area contributed by atoms with Crippen molar-refractivity contribution in [2.24, 2.45) is 0 Å². The van der Waals surface area contributed by atoms with Gasteiger partial charge < -0.3 is 19.7 Å². The minimum Gasteiger partial charge on any atom is -0.476 e. The van der Waals surface area contributed by atoms with E-state index in [-0.39, 0.29) is 59.5 Å². The second-order valence-electron chi connectivity index (χ2n) is 15.8. The average molecular weight is 794 g/mol. The highest BCUT2D eigenvalue weighted by atomic mass is 19.3. The first kappa shape index (κ1) is 38.1. The first-order valence-corrected chi connectivity index (χ1v) is 20.0. The maximum Gasteiger partial charge on any atom is 0.319 e. The normalized spacial score (nSPS) is 23.4. The molecule has 0 amide bonds. The van der Waals surface area contributed by atoms with E-state index < -0.39 is 23.9 Å². The molecule has 3 aromatic heterocycles. The molecule has 0 radical (unpaired) electrons. The highest BCUT2D eigenvalue weighted by Gasteiger charge is 2.50. The van der Waals surface area contributed by atoms with Gasteiger partial charge in [-0.1, -0.05) is 36.6 Å². The number of aryl methyl sites for hydroxylation is 1. The van der Waals surface area contributed by atoms with Gasteiger partial charge in [-0.05, 0) is 75.8 Å². The summed E-state index contributed by atoms with van der Waals surface area (Å²) < 4.78 is 71.5. The molecule has 58 heavy (non-hydrogen) atoms. The van der Waals surface area contributed by atoms with Gasteiger partial charge in [-0.25, -0.2) is 27.5 Å². The summed E-state index contributed by atoms with van der Waals surface area (Å²) in [6.07, 6.45) is 14.0. The summed E-state index contributed by atoms with van der Waals surface area (Å²) in [6.45, 7) is 1.70. The van der Waals surface area contributed by atoms with Crippen LogP contribution in [0.3, 0.4) is 0 Å². The maximum atomic E-state index is 17.4. The zero-order valence-corrected chi connectivity index (χ0v) is 31.9. The van der Waals surface area contributed by atoms with Crippen molar-refractivity contribution in [1.29, 1.82) is 5.41 Å². The molecule has 2 bridgehead atoms. The molecule has 3 saturated heterocycles. The van der Waals surface area contributed by atoms with Gasteiger partial charge in [0.2, 0.25) is 5.88 Å². The Kier molecular flexibility index (Phi) is 10.3. The standard InChI is InChI=1S/C43H43F4N9O2/c1-2-29-31(44)14-11-25-7-5-9-30(34(25)29)37-36(45)38-35-32(51-37)10-4-3-8-26-12-13-27(50-26)21-55(24-48)41(35)54-42(53-38)58-23-43-17-6-20-56(43)28(15-18-43)22-57-33-16-19-49-40(52-33)39(46)47/h1,5,7,9,11,14,16,19,24,26-28,39,48,50H,3-4,6,8,10,12-13,15,17-18,20-23H2/t26-,27?,28+,43?/m1/s1. The fraction of sp³-hybridized carbons (Fsp3) is 0.442. The van der Waals surface area contributed by atoms with E-state index >= 15 is 8.78 Å². The van der Waals surface area contributed by atoms with Crippen LogP contribution in [-0.2, 0) is 6.42 Å². The van der Waals surface area contributed by atoms with Crippen molar-refractivity contribution in [2.45, 2.75) is 94.3 Å². The van der Waals surface area contributed by atoms with Crippen LogP contribution in [0.4, 0.5) is 23.4 Å². The predicted molar refractivity (Wildman–Crippen MR) is 211 cm³/mol. The van der Waals surface area contributed by atoms with Gasteiger partial charge in [0.1, 0.15) is 30.2 Å². The van der Waals surface area contributed by atoms with Crippen molar-refractivity contribution in [3.05, 3.63) is 71.3 Å². The van der Waals surface area contributed by atoms with Crippen LogP contribution >= 0.6 is 0 Å². The van der Waals surface area contributed by atoms with E-state index in [0.717, 1.165) is 64.3 Å². The molecule has 0 aliphatic carbocycles. The number of nitrogens with one attached hydrogen (secondary N) is 2. The number of pyridine rings is 1. The predicted octanol–water partition coefficient (Wildman–Crippen LogP) is 7.55. The zero-order valence-electron chi connectivity index (χ0n) is 31.9. The Labute approximate surface area is 333 Å². The maximum absolute atomic E-state index is 17.4. The Balaban J connectivity index is 1.11. The lowest BCUT2D eigenvalue weighted by molar-refractivity contribution is 0.0675. The molecule has 9 rings (SSSR count). The third-order valence-corrected chi connectivity index (χ3v) is 12.4. The smallest absolute Gasteiger partial charge is 0.319 e. The summed E-state index contributed by atoms with van der Waals surface area (Å²) in [6, 6.07) is 10.1. The van der Waals surface area contributed by atoms with E-state index in [1.165, 1.54) is 24.7 Å². The van der Waals surface area contributed by atoms with E-state index in [0.29, 0.717) is 52.2 Å². The molecule has 300 valence electrons. The van der Waals surface area contributed by atoms with E-state index in [1.54, 1.807) is 29.2 Å². The third kappa shape index (κ3) is 6.96. The number of hydrogen-bond donors (Lipinski definition) is 2. The van der Waals surface area contributed by atoms with Gasteiger partial charge in [0.25, 0.3) is 6.43 Å². The Hall–Kier alpha value is -5.46. The van der Waals surface area contributed by atoms with Gasteiger partial charge in [-0.2, -0.15) is 15.0 Å². The van der Waals surface area contributed by atoms with Crippen LogP contribution in [-0.4, -0.2) is 86.1 Å². The van der Waals surface area contributed by atoms with Gasteiger partial charge in [-0.3, -0.25) is 10.3 Å². The van der Waals surface area contributed by atoms with Crippen molar-refractivity contribution < 1.29 is 27.0 Å². The molecule has 0 spiro atoms. The van der Waals surface area contributed by atoms with Gasteiger partial charge in [0.05, 0.1) is 28.5 Å². The molecular weight excluding hydrogens is 751 g/mol. The summed E-state index contributed by atoms with van der Waals surface area (Å²) in [7, 11) is 0. The summed E-state index contributed by atoms with van der Waals surface area (Å²) in [4.78, 5) is 26.2. The van der Waals surface area contributed by atoms with Crippen molar-refractivity contribution in [1.82, 2.24) is 35.1 Å². The minimum absolute atomic E-state index is 0.00308. The molecule has 15 heteroatoms. The number of rotatable bonds is 9. The van der Waals surface area contributed by atoms with Gasteiger partial charge in [0, 0.05) is 47.9 Å². The molecule has 5 aromatic rings. The fourth-order valence-corrected chi connectivity index (χ4v) is 9.64. The first-order chi connectivity index (χ1) is 28.2. The molecule has 2 N–H and O–H groups in total. The van der Waals surface area contributed by atoms with Crippen molar-refractivity contribution >= 4 is 33.8 Å². The third-order valence-electron chi connectivity index (χ3n) is 12.4. The second kappa shape index (κ2) is 15.7. The highest BCUT2D eigenvalue weighted by molar-refractivity contribution is 6.03. The van der Waals surface area contributed by atoms with Crippen molar-refractivity contribution in [3.63, 3.8) is 0 Å². The van der Waals surface area contributed by atoms with Crippen LogP contribution in [0.25, 0.3) is 32.9 Å². The number of halogens is 4. The van der Waals surface area contributed by atoms with Gasteiger partial charge in [0.15, 0.2) is 17.5 Å². The monoisotopic (exact) mass is 793 g/mol. The van der Waals surface area contributed by atoms with Crippen LogP contribution in [0.1, 0.15) is 81.3 Å². The first-order valence-electron chi connectivity index (χ1n) is 20.0. The largest absolute Gasteiger partial charge is 0.476 e. The SMILES string of the molecule is C#Cc1c(F)ccc2cccc(-c3nc4c5c(nc(OCC67CCCN6[C@H](COc6ccnc(C(F)F)n6)CC7)nc5c3F)N(C=N)CC3CC[C@@H](CCCC4)N3)c12. The zero-order chi connectivity index (χ0) is 40.0. The topological polar surface area (TPSA) is 125 Å². The number of hydrogen-bond acceptors (Lipinski definition) is 10. The van der Waals surface area contributed by atoms with Gasteiger partial charge >= 0.3 is 6.01 Å². The minimum atomic E-state index is -2.80. The Morgan fingerprint density at radius 3 is 2.69 bits per heavy atom. The molecule has 3 fully saturated rings. The fourth-order valence-electron chi connectivity index (χ4n) is 9.64. The number of ether oxygens (including phenoxy) is 2. The molecule has 2 aromatic carbocycles. The summed E-state index contributed by atoms with van der Waals surface area (Å²) >= 11 is 0. The number of aromatic nitrogens is 5. The molecule has 11 nitrogen and oxygen atoms in total. The molecule has 4 aliphatic heterocycles. The number of benzene rings is 2. The van der Waals surface area contributed by atoms with Crippen LogP contribution in [0, 0.1) is 29.4 Å². The van der Waals surface area contributed by atoms with E-state index in [4.69, 9.17) is 36.3 Å².